The molecule has 1 N–H and O–H groups in total. The summed E-state index contributed by atoms with van der Waals surface area (Å²) in [7, 11) is 0. The molecule has 1 aliphatic heterocycles. The normalized spacial score (nSPS) is 19.1. The monoisotopic (exact) mass is 413 g/mol. The fourth-order valence-corrected chi connectivity index (χ4v) is 4.30. The molecule has 2 aromatic carbocycles. The largest absolute Gasteiger partial charge is 0.352 e. The zero-order valence-electron chi connectivity index (χ0n) is 17.4. The lowest BCUT2D eigenvalue weighted by atomic mass is 9.96. The molecule has 0 bridgehead atoms. The van der Waals surface area contributed by atoms with Gasteiger partial charge in [0.25, 0.3) is 0 Å². The fourth-order valence-electron chi connectivity index (χ4n) is 4.30. The van der Waals surface area contributed by atoms with Crippen molar-refractivity contribution in [3.8, 4) is 0 Å². The van der Waals surface area contributed by atoms with Crippen LogP contribution in [0.1, 0.15) is 36.9 Å². The number of benzene rings is 2. The lowest BCUT2D eigenvalue weighted by molar-refractivity contribution is -0.123. The number of hydrogen-bond donors (Lipinski definition) is 1. The summed E-state index contributed by atoms with van der Waals surface area (Å²) in [6, 6.07) is 13.2. The minimum atomic E-state index is -0.270. The van der Waals surface area contributed by atoms with Crippen molar-refractivity contribution in [2.75, 3.05) is 32.7 Å². The number of hydrogen-bond acceptors (Lipinski definition) is 3. The second-order valence-electron chi connectivity index (χ2n) is 8.51. The van der Waals surface area contributed by atoms with Crippen LogP contribution < -0.4 is 5.32 Å². The van der Waals surface area contributed by atoms with Crippen LogP contribution in [0.2, 0.25) is 0 Å². The number of halogens is 2. The summed E-state index contributed by atoms with van der Waals surface area (Å²) in [5, 5.41) is 3.12. The highest BCUT2D eigenvalue weighted by Gasteiger charge is 2.30. The van der Waals surface area contributed by atoms with Gasteiger partial charge in [-0.2, -0.15) is 0 Å². The molecule has 0 aromatic heterocycles. The molecule has 6 heteroatoms. The first kappa shape index (κ1) is 20.9. The van der Waals surface area contributed by atoms with Gasteiger partial charge in [-0.1, -0.05) is 24.3 Å². The number of piperazine rings is 1. The first-order valence-corrected chi connectivity index (χ1v) is 10.8. The van der Waals surface area contributed by atoms with E-state index in [2.05, 4.69) is 22.0 Å². The summed E-state index contributed by atoms with van der Waals surface area (Å²) in [4.78, 5) is 16.8. The molecule has 0 radical (unpaired) electrons. The number of amides is 1. The van der Waals surface area contributed by atoms with Gasteiger partial charge in [-0.3, -0.25) is 14.6 Å². The van der Waals surface area contributed by atoms with E-state index in [4.69, 9.17) is 0 Å². The molecule has 2 fully saturated rings. The number of carbonyl (C=O) groups is 1. The Morgan fingerprint density at radius 1 is 0.933 bits per heavy atom. The third-order valence-corrected chi connectivity index (χ3v) is 6.23. The second kappa shape index (κ2) is 9.23. The van der Waals surface area contributed by atoms with Crippen LogP contribution in [0.25, 0.3) is 0 Å². The predicted octanol–water partition coefficient (Wildman–Crippen LogP) is 3.59. The number of carbonyl (C=O) groups excluding carboxylic acids is 1. The molecule has 1 heterocycles. The van der Waals surface area contributed by atoms with Gasteiger partial charge >= 0.3 is 0 Å². The topological polar surface area (TPSA) is 35.6 Å². The molecule has 2 aliphatic rings. The van der Waals surface area contributed by atoms with E-state index < -0.39 is 0 Å². The van der Waals surface area contributed by atoms with Gasteiger partial charge in [0, 0.05) is 32.2 Å². The van der Waals surface area contributed by atoms with Crippen molar-refractivity contribution in [2.45, 2.75) is 31.8 Å². The summed E-state index contributed by atoms with van der Waals surface area (Å²) >= 11 is 0. The standard InChI is InChI=1S/C24H29F2N3O/c1-17(18-2-3-18)27-23(30)16-28-12-14-29(15-13-28)24(19-4-8-21(25)9-5-19)20-6-10-22(26)11-7-20/h4-11,17-18,24H,2-3,12-16H2,1H3,(H,27,30)/t17-/m1/s1. The Labute approximate surface area is 176 Å². The van der Waals surface area contributed by atoms with Gasteiger partial charge in [-0.25, -0.2) is 8.78 Å². The Hall–Kier alpha value is -2.31. The van der Waals surface area contributed by atoms with E-state index in [1.165, 1.54) is 37.1 Å². The van der Waals surface area contributed by atoms with Crippen molar-refractivity contribution >= 4 is 5.91 Å². The van der Waals surface area contributed by atoms with E-state index in [9.17, 15) is 13.6 Å². The van der Waals surface area contributed by atoms with E-state index >= 15 is 0 Å². The Kier molecular flexibility index (Phi) is 6.44. The van der Waals surface area contributed by atoms with Crippen LogP contribution in [0.3, 0.4) is 0 Å². The minimum Gasteiger partial charge on any atom is -0.352 e. The molecular formula is C24H29F2N3O. The molecule has 4 rings (SSSR count). The number of rotatable bonds is 7. The molecule has 1 saturated heterocycles. The summed E-state index contributed by atoms with van der Waals surface area (Å²) in [6.45, 7) is 5.64. The Bertz CT molecular complexity index is 798. The van der Waals surface area contributed by atoms with Crippen molar-refractivity contribution in [3.63, 3.8) is 0 Å². The molecule has 1 saturated carbocycles. The van der Waals surface area contributed by atoms with Gasteiger partial charge in [0.1, 0.15) is 11.6 Å². The zero-order chi connectivity index (χ0) is 21.1. The SMILES string of the molecule is C[C@@H](NC(=O)CN1CCN(C(c2ccc(F)cc2)c2ccc(F)cc2)CC1)C1CC1. The molecule has 4 nitrogen and oxygen atoms in total. The third kappa shape index (κ3) is 5.24. The van der Waals surface area contributed by atoms with Gasteiger partial charge in [0.2, 0.25) is 5.91 Å². The Balaban J connectivity index is 1.40. The van der Waals surface area contributed by atoms with Gasteiger partial charge < -0.3 is 5.32 Å². The van der Waals surface area contributed by atoms with Gasteiger partial charge in [0.15, 0.2) is 0 Å². The molecule has 0 spiro atoms. The number of nitrogens with one attached hydrogen (secondary N) is 1. The van der Waals surface area contributed by atoms with Crippen LogP contribution >= 0.6 is 0 Å². The van der Waals surface area contributed by atoms with Gasteiger partial charge in [0.05, 0.1) is 12.6 Å². The second-order valence-corrected chi connectivity index (χ2v) is 8.51. The van der Waals surface area contributed by atoms with Crippen LogP contribution in [0.15, 0.2) is 48.5 Å². The van der Waals surface area contributed by atoms with E-state index in [0.29, 0.717) is 12.5 Å². The van der Waals surface area contributed by atoms with Crippen LogP contribution in [0, 0.1) is 17.6 Å². The van der Waals surface area contributed by atoms with Crippen LogP contribution in [-0.2, 0) is 4.79 Å². The Morgan fingerprint density at radius 2 is 1.43 bits per heavy atom. The van der Waals surface area contributed by atoms with Crippen molar-refractivity contribution in [1.82, 2.24) is 15.1 Å². The highest BCUT2D eigenvalue weighted by molar-refractivity contribution is 5.78. The van der Waals surface area contributed by atoms with E-state index in [0.717, 1.165) is 37.3 Å². The van der Waals surface area contributed by atoms with Crippen molar-refractivity contribution in [2.24, 2.45) is 5.92 Å². The van der Waals surface area contributed by atoms with Crippen LogP contribution in [-0.4, -0.2) is 54.5 Å². The lowest BCUT2D eigenvalue weighted by Crippen LogP contribution is -2.51. The predicted molar refractivity (Wildman–Crippen MR) is 113 cm³/mol. The first-order chi connectivity index (χ1) is 14.5. The molecule has 2 aromatic rings. The van der Waals surface area contributed by atoms with E-state index in [-0.39, 0.29) is 29.6 Å². The average molecular weight is 414 g/mol. The average Bonchev–Trinajstić information content (AvgIpc) is 3.58. The molecule has 1 atom stereocenters. The molecule has 30 heavy (non-hydrogen) atoms. The summed E-state index contributed by atoms with van der Waals surface area (Å²) in [5.41, 5.74) is 1.96. The molecule has 160 valence electrons. The molecule has 1 amide bonds. The van der Waals surface area contributed by atoms with Gasteiger partial charge in [-0.05, 0) is 61.1 Å². The molecular weight excluding hydrogens is 384 g/mol. The van der Waals surface area contributed by atoms with E-state index in [1.807, 2.05) is 0 Å². The smallest absolute Gasteiger partial charge is 0.234 e. The minimum absolute atomic E-state index is 0.0722. The maximum Gasteiger partial charge on any atom is 0.234 e. The zero-order valence-corrected chi connectivity index (χ0v) is 17.4. The van der Waals surface area contributed by atoms with Crippen LogP contribution in [0.5, 0.6) is 0 Å². The quantitative estimate of drug-likeness (QED) is 0.754. The maximum absolute atomic E-state index is 13.5. The molecule has 1 aliphatic carbocycles. The maximum atomic E-state index is 13.5. The third-order valence-electron chi connectivity index (χ3n) is 6.23. The van der Waals surface area contributed by atoms with Crippen molar-refractivity contribution < 1.29 is 13.6 Å². The summed E-state index contributed by atoms with van der Waals surface area (Å²) in [5.74, 6) is 0.204. The van der Waals surface area contributed by atoms with Crippen LogP contribution in [0.4, 0.5) is 8.78 Å². The molecule has 0 unspecified atom stereocenters. The first-order valence-electron chi connectivity index (χ1n) is 10.8. The lowest BCUT2D eigenvalue weighted by Gasteiger charge is -2.39. The van der Waals surface area contributed by atoms with E-state index in [1.54, 1.807) is 24.3 Å². The summed E-state index contributed by atoms with van der Waals surface area (Å²) in [6.07, 6.45) is 2.43. The Morgan fingerprint density at radius 3 is 1.90 bits per heavy atom. The van der Waals surface area contributed by atoms with Crippen molar-refractivity contribution in [1.29, 1.82) is 0 Å². The summed E-state index contributed by atoms with van der Waals surface area (Å²) < 4.78 is 26.9. The van der Waals surface area contributed by atoms with Gasteiger partial charge in [-0.15, -0.1) is 0 Å². The highest BCUT2D eigenvalue weighted by Crippen LogP contribution is 2.32. The highest BCUT2D eigenvalue weighted by atomic mass is 19.1. The fraction of sp³-hybridized carbons (Fsp3) is 0.458. The number of nitrogens with zero attached hydrogens (tertiary/aromatic N) is 2. The van der Waals surface area contributed by atoms with Crippen molar-refractivity contribution in [3.05, 3.63) is 71.3 Å².